The van der Waals surface area contributed by atoms with E-state index in [1.54, 1.807) is 32.0 Å². The average molecular weight is 277 g/mol. The van der Waals surface area contributed by atoms with Crippen molar-refractivity contribution in [3.63, 3.8) is 0 Å². The minimum atomic E-state index is -0.707. The molecule has 0 fully saturated rings. The summed E-state index contributed by atoms with van der Waals surface area (Å²) >= 11 is 0. The summed E-state index contributed by atoms with van der Waals surface area (Å²) in [5, 5.41) is 9.96. The molecule has 0 aliphatic rings. The maximum atomic E-state index is 12.0. The normalized spacial score (nSPS) is 10.6. The van der Waals surface area contributed by atoms with Crippen LogP contribution in [0.15, 0.2) is 27.4 Å². The number of anilines is 1. The van der Waals surface area contributed by atoms with Gasteiger partial charge >= 0.3 is 5.97 Å². The number of phenolic OH excluding ortho intramolecular Hbond substituents is 1. The predicted molar refractivity (Wildman–Crippen MR) is 74.4 cm³/mol. The Balaban J connectivity index is 2.69. The number of fused-ring (bicyclic) bond motifs is 1. The third-order valence-corrected chi connectivity index (χ3v) is 2.79. The van der Waals surface area contributed by atoms with E-state index in [9.17, 15) is 14.7 Å². The molecule has 6 nitrogen and oxygen atoms in total. The Labute approximate surface area is 115 Å². The van der Waals surface area contributed by atoms with E-state index in [0.717, 1.165) is 6.07 Å². The van der Waals surface area contributed by atoms with Crippen LogP contribution in [0.1, 0.15) is 17.5 Å². The summed E-state index contributed by atoms with van der Waals surface area (Å²) in [6.07, 6.45) is 0. The highest BCUT2D eigenvalue weighted by Gasteiger charge is 2.16. The number of nitrogens with zero attached hydrogens (tertiary/aromatic N) is 1. The van der Waals surface area contributed by atoms with E-state index in [0.29, 0.717) is 5.69 Å². The fourth-order valence-corrected chi connectivity index (χ4v) is 1.81. The highest BCUT2D eigenvalue weighted by atomic mass is 16.5. The highest BCUT2D eigenvalue weighted by Crippen LogP contribution is 2.28. The first-order chi connectivity index (χ1) is 9.43. The molecule has 1 aromatic carbocycles. The van der Waals surface area contributed by atoms with Crippen LogP contribution < -0.4 is 10.3 Å². The number of carbonyl (C=O) groups is 1. The molecule has 0 spiro atoms. The van der Waals surface area contributed by atoms with Gasteiger partial charge in [0.15, 0.2) is 5.43 Å². The number of ether oxygens (including phenoxy) is 1. The second kappa shape index (κ2) is 5.24. The fraction of sp³-hybridized carbons (Fsp3) is 0.286. The molecule has 0 bridgehead atoms. The molecule has 0 unspecified atom stereocenters. The average Bonchev–Trinajstić information content (AvgIpc) is 2.37. The number of carbonyl (C=O) groups excluding carboxylic acids is 1. The number of esters is 1. The van der Waals surface area contributed by atoms with Crippen molar-refractivity contribution < 1.29 is 19.1 Å². The lowest BCUT2D eigenvalue weighted by molar-refractivity contribution is 0.0490. The van der Waals surface area contributed by atoms with Crippen molar-refractivity contribution >= 4 is 22.6 Å². The van der Waals surface area contributed by atoms with Gasteiger partial charge in [0, 0.05) is 38.0 Å². The van der Waals surface area contributed by atoms with Crippen molar-refractivity contribution in [3.8, 4) is 5.75 Å². The molecule has 0 radical (unpaired) electrons. The summed E-state index contributed by atoms with van der Waals surface area (Å²) in [6, 6.07) is 4.07. The Bertz CT molecular complexity index is 717. The zero-order valence-electron chi connectivity index (χ0n) is 11.5. The van der Waals surface area contributed by atoms with Gasteiger partial charge in [-0.25, -0.2) is 4.79 Å². The molecule has 0 aliphatic carbocycles. The summed E-state index contributed by atoms with van der Waals surface area (Å²) in [4.78, 5) is 25.3. The van der Waals surface area contributed by atoms with Gasteiger partial charge in [0.2, 0.25) is 5.76 Å². The van der Waals surface area contributed by atoms with E-state index >= 15 is 0 Å². The molecule has 0 saturated carbocycles. The minimum absolute atomic E-state index is 0.0450. The van der Waals surface area contributed by atoms with E-state index in [1.165, 1.54) is 6.07 Å². The second-order valence-corrected chi connectivity index (χ2v) is 4.43. The smallest absolute Gasteiger partial charge is 0.374 e. The summed E-state index contributed by atoms with van der Waals surface area (Å²) < 4.78 is 10.2. The number of aromatic hydroxyl groups is 1. The van der Waals surface area contributed by atoms with Crippen LogP contribution in [0.3, 0.4) is 0 Å². The lowest BCUT2D eigenvalue weighted by Crippen LogP contribution is -2.12. The molecule has 2 rings (SSSR count). The standard InChI is InChI=1S/C14H15NO5/c1-4-19-14(18)12-7-10(17)13-9(16)5-8(15(2)3)6-11(13)20-12/h5-7,16H,4H2,1-3H3. The molecule has 6 heteroatoms. The molecular formula is C14H15NO5. The quantitative estimate of drug-likeness (QED) is 0.861. The molecule has 2 aromatic rings. The first-order valence-corrected chi connectivity index (χ1v) is 6.09. The topological polar surface area (TPSA) is 80.0 Å². The Kier molecular flexibility index (Phi) is 3.65. The molecule has 1 N–H and O–H groups in total. The zero-order valence-corrected chi connectivity index (χ0v) is 11.5. The predicted octanol–water partition coefficient (Wildman–Crippen LogP) is 1.74. The molecule has 0 amide bonds. The van der Waals surface area contributed by atoms with E-state index in [2.05, 4.69) is 0 Å². The Morgan fingerprint density at radius 2 is 2.05 bits per heavy atom. The highest BCUT2D eigenvalue weighted by molar-refractivity contribution is 5.92. The molecule has 1 aromatic heterocycles. The van der Waals surface area contributed by atoms with Crippen molar-refractivity contribution in [1.82, 2.24) is 0 Å². The van der Waals surface area contributed by atoms with Crippen LogP contribution in [-0.2, 0) is 4.74 Å². The van der Waals surface area contributed by atoms with E-state index in [-0.39, 0.29) is 29.1 Å². The molecule has 106 valence electrons. The van der Waals surface area contributed by atoms with Gasteiger partial charge in [-0.05, 0) is 6.92 Å². The maximum absolute atomic E-state index is 12.0. The Hall–Kier alpha value is -2.50. The van der Waals surface area contributed by atoms with Crippen LogP contribution in [0.2, 0.25) is 0 Å². The van der Waals surface area contributed by atoms with Crippen molar-refractivity contribution in [2.45, 2.75) is 6.92 Å². The number of benzene rings is 1. The van der Waals surface area contributed by atoms with E-state index < -0.39 is 11.4 Å². The van der Waals surface area contributed by atoms with Crippen molar-refractivity contribution in [1.29, 1.82) is 0 Å². The van der Waals surface area contributed by atoms with E-state index in [4.69, 9.17) is 9.15 Å². The third kappa shape index (κ3) is 2.45. The molecule has 0 atom stereocenters. The number of rotatable bonds is 3. The second-order valence-electron chi connectivity index (χ2n) is 4.43. The first-order valence-electron chi connectivity index (χ1n) is 6.09. The number of hydrogen-bond acceptors (Lipinski definition) is 6. The summed E-state index contributed by atoms with van der Waals surface area (Å²) in [5.41, 5.74) is 0.306. The van der Waals surface area contributed by atoms with Crippen LogP contribution >= 0.6 is 0 Å². The summed E-state index contributed by atoms with van der Waals surface area (Å²) in [5.74, 6) is -1.07. The monoisotopic (exact) mass is 277 g/mol. The molecule has 1 heterocycles. The van der Waals surface area contributed by atoms with Crippen LogP contribution in [0.5, 0.6) is 5.75 Å². The van der Waals surface area contributed by atoms with Gasteiger partial charge in [0.1, 0.15) is 16.7 Å². The zero-order chi connectivity index (χ0) is 14.9. The van der Waals surface area contributed by atoms with Gasteiger partial charge in [-0.2, -0.15) is 0 Å². The van der Waals surface area contributed by atoms with Gasteiger partial charge in [-0.3, -0.25) is 4.79 Å². The van der Waals surface area contributed by atoms with Gasteiger partial charge in [0.05, 0.1) is 6.61 Å². The number of phenols is 1. The SMILES string of the molecule is CCOC(=O)c1cc(=O)c2c(O)cc(N(C)C)cc2o1. The van der Waals surface area contributed by atoms with Crippen LogP contribution in [0.25, 0.3) is 11.0 Å². The largest absolute Gasteiger partial charge is 0.507 e. The minimum Gasteiger partial charge on any atom is -0.507 e. The van der Waals surface area contributed by atoms with Crippen molar-refractivity contribution in [2.24, 2.45) is 0 Å². The maximum Gasteiger partial charge on any atom is 0.374 e. The third-order valence-electron chi connectivity index (χ3n) is 2.79. The first kappa shape index (κ1) is 13.9. The molecule has 0 aliphatic heterocycles. The lowest BCUT2D eigenvalue weighted by atomic mass is 10.1. The molecule has 20 heavy (non-hydrogen) atoms. The Morgan fingerprint density at radius 3 is 2.65 bits per heavy atom. The van der Waals surface area contributed by atoms with Gasteiger partial charge < -0.3 is 19.2 Å². The summed E-state index contributed by atoms with van der Waals surface area (Å²) in [6.45, 7) is 1.84. The van der Waals surface area contributed by atoms with Crippen LogP contribution in [-0.4, -0.2) is 31.8 Å². The van der Waals surface area contributed by atoms with Crippen LogP contribution in [0.4, 0.5) is 5.69 Å². The van der Waals surface area contributed by atoms with Crippen molar-refractivity contribution in [2.75, 3.05) is 25.6 Å². The molecular weight excluding hydrogens is 262 g/mol. The van der Waals surface area contributed by atoms with Gasteiger partial charge in [0.25, 0.3) is 0 Å². The van der Waals surface area contributed by atoms with Crippen molar-refractivity contribution in [3.05, 3.63) is 34.2 Å². The Morgan fingerprint density at radius 1 is 1.35 bits per heavy atom. The van der Waals surface area contributed by atoms with E-state index in [1.807, 2.05) is 0 Å². The molecule has 0 saturated heterocycles. The van der Waals surface area contributed by atoms with Gasteiger partial charge in [-0.15, -0.1) is 0 Å². The van der Waals surface area contributed by atoms with Crippen LogP contribution in [0, 0.1) is 0 Å². The van der Waals surface area contributed by atoms with Gasteiger partial charge in [-0.1, -0.05) is 0 Å². The summed E-state index contributed by atoms with van der Waals surface area (Å²) in [7, 11) is 3.57. The number of hydrogen-bond donors (Lipinski definition) is 1. The fourth-order valence-electron chi connectivity index (χ4n) is 1.81. The lowest BCUT2D eigenvalue weighted by Gasteiger charge is -2.13.